The van der Waals surface area contributed by atoms with E-state index in [2.05, 4.69) is 13.8 Å². The molecule has 0 aromatic rings. The number of hydrogen-bond donors (Lipinski definition) is 1. The van der Waals surface area contributed by atoms with E-state index in [4.69, 9.17) is 0 Å². The molecule has 1 unspecified atom stereocenters. The van der Waals surface area contributed by atoms with Gasteiger partial charge in [-0.3, -0.25) is 0 Å². The Hall–Kier alpha value is 1.39. The predicted octanol–water partition coefficient (Wildman–Crippen LogP) is 2.82. The average molecular weight is 284 g/mol. The molecule has 0 saturated heterocycles. The van der Waals surface area contributed by atoms with Crippen LogP contribution in [0.5, 0.6) is 0 Å². The Morgan fingerprint density at radius 2 is 1.11 bits per heavy atom. The molecule has 3 heteroatoms. The molecule has 0 aromatic carbocycles. The molecule has 0 heterocycles. The first-order valence-electron chi connectivity index (χ1n) is 7.75. The van der Waals surface area contributed by atoms with Crippen LogP contribution in [-0.4, -0.2) is 17.2 Å². The van der Waals surface area contributed by atoms with Crippen LogP contribution in [0.1, 0.15) is 85.9 Å². The SMILES string of the molecule is CCCCCCCCCCCCP(O)CCC.[H-].[Na+]. The fourth-order valence-electron chi connectivity index (χ4n) is 2.15. The molecule has 1 nitrogen and oxygen atoms in total. The molecule has 0 fully saturated rings. The van der Waals surface area contributed by atoms with Gasteiger partial charge in [-0.25, -0.2) is 0 Å². The molecule has 0 aliphatic rings. The van der Waals surface area contributed by atoms with E-state index in [9.17, 15) is 4.89 Å². The van der Waals surface area contributed by atoms with Crippen LogP contribution >= 0.6 is 8.15 Å². The molecule has 0 aromatic heterocycles. The third-order valence-corrected chi connectivity index (χ3v) is 5.05. The molecular formula is C15H34NaOP. The maximum absolute atomic E-state index is 9.64. The van der Waals surface area contributed by atoms with Crippen molar-refractivity contribution in [3.8, 4) is 0 Å². The minimum atomic E-state index is -0.615. The summed E-state index contributed by atoms with van der Waals surface area (Å²) in [5, 5.41) is 0. The van der Waals surface area contributed by atoms with Crippen molar-refractivity contribution in [3.05, 3.63) is 0 Å². The second-order valence-corrected chi connectivity index (χ2v) is 7.04. The summed E-state index contributed by atoms with van der Waals surface area (Å²) >= 11 is 0. The van der Waals surface area contributed by atoms with Crippen LogP contribution in [0, 0.1) is 0 Å². The minimum Gasteiger partial charge on any atom is -1.00 e. The molecular weight excluding hydrogens is 250 g/mol. The molecule has 1 N–H and O–H groups in total. The Bertz CT molecular complexity index is 150. The quantitative estimate of drug-likeness (QED) is 0.313. The largest absolute Gasteiger partial charge is 1.00 e. The summed E-state index contributed by atoms with van der Waals surface area (Å²) in [6, 6.07) is 0. The van der Waals surface area contributed by atoms with Crippen molar-refractivity contribution in [1.82, 2.24) is 0 Å². The van der Waals surface area contributed by atoms with Gasteiger partial charge in [0.1, 0.15) is 0 Å². The monoisotopic (exact) mass is 284 g/mol. The third kappa shape index (κ3) is 17.4. The first-order chi connectivity index (χ1) is 8.31. The second-order valence-electron chi connectivity index (χ2n) is 5.14. The van der Waals surface area contributed by atoms with E-state index in [-0.39, 0.29) is 31.0 Å². The van der Waals surface area contributed by atoms with E-state index in [1.807, 2.05) is 0 Å². The minimum absolute atomic E-state index is 0. The zero-order valence-corrected chi connectivity index (χ0v) is 16.0. The van der Waals surface area contributed by atoms with Gasteiger partial charge in [0.25, 0.3) is 0 Å². The van der Waals surface area contributed by atoms with Crippen molar-refractivity contribution >= 4 is 8.15 Å². The van der Waals surface area contributed by atoms with Gasteiger partial charge in [-0.2, -0.15) is 0 Å². The van der Waals surface area contributed by atoms with Gasteiger partial charge >= 0.3 is 29.6 Å². The van der Waals surface area contributed by atoms with Crippen LogP contribution in [0.15, 0.2) is 0 Å². The Balaban J connectivity index is -0.00000128. The molecule has 0 spiro atoms. The molecule has 18 heavy (non-hydrogen) atoms. The van der Waals surface area contributed by atoms with Gasteiger partial charge in [0.05, 0.1) is 0 Å². The Morgan fingerprint density at radius 3 is 1.56 bits per heavy atom. The van der Waals surface area contributed by atoms with Crippen molar-refractivity contribution in [2.45, 2.75) is 84.5 Å². The topological polar surface area (TPSA) is 20.2 Å². The summed E-state index contributed by atoms with van der Waals surface area (Å²) in [5.41, 5.74) is 0. The van der Waals surface area contributed by atoms with E-state index in [1.54, 1.807) is 0 Å². The maximum atomic E-state index is 9.64. The first-order valence-corrected chi connectivity index (χ1v) is 9.41. The molecule has 0 aliphatic carbocycles. The van der Waals surface area contributed by atoms with Gasteiger partial charge in [-0.1, -0.05) is 78.1 Å². The summed E-state index contributed by atoms with van der Waals surface area (Å²) in [6.45, 7) is 4.43. The molecule has 0 rings (SSSR count). The summed E-state index contributed by atoms with van der Waals surface area (Å²) in [4.78, 5) is 9.64. The summed E-state index contributed by atoms with van der Waals surface area (Å²) in [5.74, 6) is 0. The van der Waals surface area contributed by atoms with Crippen molar-refractivity contribution in [2.75, 3.05) is 12.3 Å². The van der Waals surface area contributed by atoms with Gasteiger partial charge in [-0.15, -0.1) is 0 Å². The molecule has 106 valence electrons. The number of unbranched alkanes of at least 4 members (excludes halogenated alkanes) is 9. The van der Waals surface area contributed by atoms with Crippen LogP contribution in [0.3, 0.4) is 0 Å². The van der Waals surface area contributed by atoms with E-state index in [0.717, 1.165) is 18.7 Å². The van der Waals surface area contributed by atoms with Crippen LogP contribution < -0.4 is 29.6 Å². The summed E-state index contributed by atoms with van der Waals surface area (Å²) < 4.78 is 0. The molecule has 0 aliphatic heterocycles. The Morgan fingerprint density at radius 1 is 0.667 bits per heavy atom. The van der Waals surface area contributed by atoms with E-state index < -0.39 is 8.15 Å². The molecule has 0 saturated carbocycles. The first kappa shape index (κ1) is 21.7. The van der Waals surface area contributed by atoms with Gasteiger partial charge in [-0.05, 0) is 18.7 Å². The third-order valence-electron chi connectivity index (χ3n) is 3.25. The summed E-state index contributed by atoms with van der Waals surface area (Å²) in [6.07, 6.45) is 17.1. The van der Waals surface area contributed by atoms with E-state index in [1.165, 1.54) is 64.2 Å². The van der Waals surface area contributed by atoms with Crippen molar-refractivity contribution < 1.29 is 35.9 Å². The van der Waals surface area contributed by atoms with Crippen molar-refractivity contribution in [1.29, 1.82) is 0 Å². The Labute approximate surface area is 140 Å². The van der Waals surface area contributed by atoms with Crippen LogP contribution in [-0.2, 0) is 0 Å². The van der Waals surface area contributed by atoms with Crippen molar-refractivity contribution in [2.24, 2.45) is 0 Å². The smallest absolute Gasteiger partial charge is 1.00 e. The van der Waals surface area contributed by atoms with E-state index >= 15 is 0 Å². The van der Waals surface area contributed by atoms with Gasteiger partial charge in [0, 0.05) is 8.15 Å². The number of rotatable bonds is 13. The van der Waals surface area contributed by atoms with E-state index in [0.29, 0.717) is 0 Å². The fourth-order valence-corrected chi connectivity index (χ4v) is 3.48. The molecule has 0 bridgehead atoms. The Kier molecular flexibility index (Phi) is 22.2. The van der Waals surface area contributed by atoms with Gasteiger partial charge in [0.2, 0.25) is 0 Å². The zero-order valence-electron chi connectivity index (χ0n) is 14.1. The molecule has 0 radical (unpaired) electrons. The van der Waals surface area contributed by atoms with Crippen LogP contribution in [0.2, 0.25) is 0 Å². The van der Waals surface area contributed by atoms with Gasteiger partial charge in [0.15, 0.2) is 0 Å². The maximum Gasteiger partial charge on any atom is 1.00 e. The number of hydrogen-bond acceptors (Lipinski definition) is 1. The predicted molar refractivity (Wildman–Crippen MR) is 82.1 cm³/mol. The molecule has 1 atom stereocenters. The summed E-state index contributed by atoms with van der Waals surface area (Å²) in [7, 11) is -0.615. The van der Waals surface area contributed by atoms with Crippen LogP contribution in [0.4, 0.5) is 0 Å². The van der Waals surface area contributed by atoms with Crippen molar-refractivity contribution in [3.63, 3.8) is 0 Å². The zero-order chi connectivity index (χ0) is 12.8. The molecule has 0 amide bonds. The fraction of sp³-hybridized carbons (Fsp3) is 1.00. The van der Waals surface area contributed by atoms with Gasteiger partial charge < -0.3 is 6.32 Å². The second kappa shape index (κ2) is 18.4. The van der Waals surface area contributed by atoms with Crippen LogP contribution in [0.25, 0.3) is 0 Å². The standard InChI is InChI=1S/C15H33OP.Na.H/c1-3-5-6-7-8-9-10-11-12-13-15-17(16)14-4-2;;/h16H,3-15H2,1-2H3;;/q;+1;-1. The average Bonchev–Trinajstić information content (AvgIpc) is 2.32. The normalized spacial score (nSPS) is 12.2.